The molecule has 0 spiro atoms. The number of halogens is 3. The van der Waals surface area contributed by atoms with E-state index in [1.807, 2.05) is 0 Å². The van der Waals surface area contributed by atoms with Gasteiger partial charge in [0.15, 0.2) is 0 Å². The molecule has 1 aromatic carbocycles. The summed E-state index contributed by atoms with van der Waals surface area (Å²) in [5, 5.41) is 2.76. The first-order valence-electron chi connectivity index (χ1n) is 4.91. The molecule has 5 heteroatoms. The summed E-state index contributed by atoms with van der Waals surface area (Å²) in [6.45, 7) is 1.14. The minimum Gasteiger partial charge on any atom is -0.383 e. The number of benzene rings is 1. The van der Waals surface area contributed by atoms with E-state index in [-0.39, 0.29) is 11.9 Å². The summed E-state index contributed by atoms with van der Waals surface area (Å²) < 4.78 is 30.8. The highest BCUT2D eigenvalue weighted by molar-refractivity contribution is 6.20. The third-order valence-electron chi connectivity index (χ3n) is 2.04. The standard InChI is InChI=1S/C11H14ClF2NO/c1-16-7-9(12)6-15-5-8-4-10(13)2-3-11(8)14/h2-4,9,15H,5-7H2,1H3. The Morgan fingerprint density at radius 1 is 1.44 bits per heavy atom. The Bertz CT molecular complexity index is 336. The van der Waals surface area contributed by atoms with E-state index in [9.17, 15) is 8.78 Å². The van der Waals surface area contributed by atoms with Crippen LogP contribution >= 0.6 is 11.6 Å². The van der Waals surface area contributed by atoms with Crippen molar-refractivity contribution in [2.24, 2.45) is 0 Å². The van der Waals surface area contributed by atoms with Crippen molar-refractivity contribution in [3.63, 3.8) is 0 Å². The zero-order chi connectivity index (χ0) is 12.0. The first-order chi connectivity index (χ1) is 7.63. The Hall–Kier alpha value is -0.710. The lowest BCUT2D eigenvalue weighted by molar-refractivity contribution is 0.197. The second-order valence-corrected chi connectivity index (χ2v) is 4.04. The largest absolute Gasteiger partial charge is 0.383 e. The molecule has 1 N–H and O–H groups in total. The topological polar surface area (TPSA) is 21.3 Å². The molecule has 16 heavy (non-hydrogen) atoms. The highest BCUT2D eigenvalue weighted by atomic mass is 35.5. The maximum Gasteiger partial charge on any atom is 0.127 e. The van der Waals surface area contributed by atoms with Crippen molar-refractivity contribution in [2.75, 3.05) is 20.3 Å². The maximum absolute atomic E-state index is 13.2. The molecule has 1 aromatic rings. The molecule has 0 aliphatic carbocycles. The molecule has 90 valence electrons. The highest BCUT2D eigenvalue weighted by Crippen LogP contribution is 2.09. The summed E-state index contributed by atoms with van der Waals surface area (Å²) in [5.41, 5.74) is 0.293. The summed E-state index contributed by atoms with van der Waals surface area (Å²) in [6, 6.07) is 3.37. The predicted octanol–water partition coefficient (Wildman–Crippen LogP) is 2.31. The van der Waals surface area contributed by atoms with Crippen molar-refractivity contribution in [2.45, 2.75) is 11.9 Å². The lowest BCUT2D eigenvalue weighted by Crippen LogP contribution is -2.26. The van der Waals surface area contributed by atoms with Gasteiger partial charge in [-0.05, 0) is 18.2 Å². The molecule has 0 amide bonds. The van der Waals surface area contributed by atoms with Crippen LogP contribution in [0.1, 0.15) is 5.56 Å². The Balaban J connectivity index is 2.39. The summed E-state index contributed by atoms with van der Waals surface area (Å²) in [6.07, 6.45) is 0. The fourth-order valence-corrected chi connectivity index (χ4v) is 1.52. The van der Waals surface area contributed by atoms with E-state index < -0.39 is 11.6 Å². The molecule has 0 aliphatic heterocycles. The molecule has 0 radical (unpaired) electrons. The first-order valence-corrected chi connectivity index (χ1v) is 5.34. The summed E-state index contributed by atoms with van der Waals surface area (Å²) in [7, 11) is 1.56. The third kappa shape index (κ3) is 4.43. The molecule has 0 aliphatic rings. The monoisotopic (exact) mass is 249 g/mol. The van der Waals surface area contributed by atoms with E-state index in [2.05, 4.69) is 5.32 Å². The smallest absolute Gasteiger partial charge is 0.127 e. The van der Waals surface area contributed by atoms with Crippen LogP contribution in [0.5, 0.6) is 0 Å². The number of rotatable bonds is 6. The molecule has 0 fully saturated rings. The van der Waals surface area contributed by atoms with Crippen molar-refractivity contribution >= 4 is 11.6 Å². The number of nitrogens with one attached hydrogen (secondary N) is 1. The van der Waals surface area contributed by atoms with Crippen molar-refractivity contribution in [1.82, 2.24) is 5.32 Å². The Kier molecular flexibility index (Phi) is 5.66. The average molecular weight is 250 g/mol. The van der Waals surface area contributed by atoms with Gasteiger partial charge >= 0.3 is 0 Å². The van der Waals surface area contributed by atoms with E-state index in [0.29, 0.717) is 18.7 Å². The van der Waals surface area contributed by atoms with Crippen LogP contribution in [0.15, 0.2) is 18.2 Å². The molecule has 0 saturated heterocycles. The highest BCUT2D eigenvalue weighted by Gasteiger charge is 2.06. The first kappa shape index (κ1) is 13.4. The van der Waals surface area contributed by atoms with E-state index in [0.717, 1.165) is 12.1 Å². The van der Waals surface area contributed by atoms with Crippen molar-refractivity contribution in [3.05, 3.63) is 35.4 Å². The Morgan fingerprint density at radius 2 is 2.19 bits per heavy atom. The van der Waals surface area contributed by atoms with Crippen molar-refractivity contribution in [1.29, 1.82) is 0 Å². The van der Waals surface area contributed by atoms with Gasteiger partial charge < -0.3 is 10.1 Å². The number of alkyl halides is 1. The minimum absolute atomic E-state index is 0.179. The van der Waals surface area contributed by atoms with Gasteiger partial charge in [0.1, 0.15) is 11.6 Å². The molecule has 0 saturated carbocycles. The lowest BCUT2D eigenvalue weighted by atomic mass is 10.2. The quantitative estimate of drug-likeness (QED) is 0.782. The predicted molar refractivity (Wildman–Crippen MR) is 59.6 cm³/mol. The van der Waals surface area contributed by atoms with Crippen LogP contribution in [-0.4, -0.2) is 25.6 Å². The third-order valence-corrected chi connectivity index (χ3v) is 2.32. The van der Waals surface area contributed by atoms with Gasteiger partial charge in [-0.2, -0.15) is 0 Å². The summed E-state index contributed by atoms with van der Waals surface area (Å²) >= 11 is 5.86. The fraction of sp³-hybridized carbons (Fsp3) is 0.455. The van der Waals surface area contributed by atoms with Gasteiger partial charge in [0.05, 0.1) is 12.0 Å². The molecule has 2 nitrogen and oxygen atoms in total. The zero-order valence-electron chi connectivity index (χ0n) is 8.97. The Morgan fingerprint density at radius 3 is 2.88 bits per heavy atom. The van der Waals surface area contributed by atoms with Gasteiger partial charge in [0.25, 0.3) is 0 Å². The zero-order valence-corrected chi connectivity index (χ0v) is 9.73. The van der Waals surface area contributed by atoms with Crippen LogP contribution < -0.4 is 5.32 Å². The molecule has 0 heterocycles. The minimum atomic E-state index is -0.447. The van der Waals surface area contributed by atoms with Crippen molar-refractivity contribution < 1.29 is 13.5 Å². The van der Waals surface area contributed by atoms with E-state index in [1.54, 1.807) is 7.11 Å². The molecular weight excluding hydrogens is 236 g/mol. The second-order valence-electron chi connectivity index (χ2n) is 3.42. The van der Waals surface area contributed by atoms with Crippen LogP contribution in [-0.2, 0) is 11.3 Å². The Labute approximate surface area is 98.6 Å². The van der Waals surface area contributed by atoms with Gasteiger partial charge in [-0.15, -0.1) is 11.6 Å². The van der Waals surface area contributed by atoms with E-state index in [1.165, 1.54) is 6.07 Å². The van der Waals surface area contributed by atoms with Gasteiger partial charge in [-0.25, -0.2) is 8.78 Å². The number of methoxy groups -OCH3 is 1. The van der Waals surface area contributed by atoms with Crippen LogP contribution in [0.4, 0.5) is 8.78 Å². The molecule has 1 rings (SSSR count). The van der Waals surface area contributed by atoms with Gasteiger partial charge in [-0.1, -0.05) is 0 Å². The summed E-state index contributed by atoms with van der Waals surface area (Å²) in [4.78, 5) is 0. The molecular formula is C11H14ClF2NO. The maximum atomic E-state index is 13.2. The van der Waals surface area contributed by atoms with E-state index >= 15 is 0 Å². The van der Waals surface area contributed by atoms with E-state index in [4.69, 9.17) is 16.3 Å². The lowest BCUT2D eigenvalue weighted by Gasteiger charge is -2.10. The van der Waals surface area contributed by atoms with Gasteiger partial charge in [-0.3, -0.25) is 0 Å². The molecule has 1 atom stereocenters. The van der Waals surface area contributed by atoms with Gasteiger partial charge in [0.2, 0.25) is 0 Å². The van der Waals surface area contributed by atoms with Crippen LogP contribution in [0, 0.1) is 11.6 Å². The second kappa shape index (κ2) is 6.78. The van der Waals surface area contributed by atoms with Crippen molar-refractivity contribution in [3.8, 4) is 0 Å². The van der Waals surface area contributed by atoms with Crippen LogP contribution in [0.25, 0.3) is 0 Å². The molecule has 1 unspecified atom stereocenters. The number of ether oxygens (including phenoxy) is 1. The summed E-state index contributed by atoms with van der Waals surface area (Å²) in [5.74, 6) is -0.871. The SMILES string of the molecule is COCC(Cl)CNCc1cc(F)ccc1F. The van der Waals surface area contributed by atoms with Crippen LogP contribution in [0.3, 0.4) is 0 Å². The number of hydrogen-bond donors (Lipinski definition) is 1. The van der Waals surface area contributed by atoms with Gasteiger partial charge in [0, 0.05) is 25.8 Å². The normalized spacial score (nSPS) is 12.8. The molecule has 0 bridgehead atoms. The van der Waals surface area contributed by atoms with Crippen LogP contribution in [0.2, 0.25) is 0 Å². The molecule has 0 aromatic heterocycles. The fourth-order valence-electron chi connectivity index (χ4n) is 1.28. The number of hydrogen-bond acceptors (Lipinski definition) is 2. The average Bonchev–Trinajstić information content (AvgIpc) is 2.23.